The van der Waals surface area contributed by atoms with Crippen molar-refractivity contribution in [3.05, 3.63) is 59.9 Å². The van der Waals surface area contributed by atoms with Gasteiger partial charge in [-0.05, 0) is 43.2 Å². The Kier molecular flexibility index (Phi) is 5.12. The van der Waals surface area contributed by atoms with Crippen molar-refractivity contribution >= 4 is 39.9 Å². The van der Waals surface area contributed by atoms with Crippen LogP contribution in [0.5, 0.6) is 0 Å². The molecule has 6 nitrogen and oxygen atoms in total. The number of pyridine rings is 1. The van der Waals surface area contributed by atoms with Gasteiger partial charge in [-0.15, -0.1) is 0 Å². The Morgan fingerprint density at radius 2 is 1.79 bits per heavy atom. The molecule has 2 N–H and O–H groups in total. The van der Waals surface area contributed by atoms with Crippen LogP contribution in [-0.4, -0.2) is 29.9 Å². The van der Waals surface area contributed by atoms with Crippen LogP contribution >= 0.6 is 0 Å². The summed E-state index contributed by atoms with van der Waals surface area (Å²) in [6.07, 6.45) is 2.09. The number of halogens is 1. The predicted molar refractivity (Wildman–Crippen MR) is 112 cm³/mol. The van der Waals surface area contributed by atoms with Crippen molar-refractivity contribution in [2.75, 3.05) is 28.6 Å². The molecule has 1 aromatic heterocycles. The molecule has 1 fully saturated rings. The lowest BCUT2D eigenvalue weighted by Crippen LogP contribution is -2.24. The molecule has 2 amide bonds. The zero-order valence-corrected chi connectivity index (χ0v) is 16.0. The van der Waals surface area contributed by atoms with Gasteiger partial charge in [0.1, 0.15) is 11.6 Å². The number of rotatable bonds is 4. The summed E-state index contributed by atoms with van der Waals surface area (Å²) in [4.78, 5) is 31.2. The first kappa shape index (κ1) is 18.9. The van der Waals surface area contributed by atoms with Gasteiger partial charge in [-0.3, -0.25) is 9.59 Å². The molecule has 0 saturated carbocycles. The lowest BCUT2D eigenvalue weighted by molar-refractivity contribution is -0.114. The molecule has 0 spiro atoms. The molecular weight excluding hydrogens is 371 g/mol. The van der Waals surface area contributed by atoms with Crippen molar-refractivity contribution in [3.63, 3.8) is 0 Å². The van der Waals surface area contributed by atoms with Crippen molar-refractivity contribution < 1.29 is 14.0 Å². The van der Waals surface area contributed by atoms with Crippen molar-refractivity contribution in [1.29, 1.82) is 0 Å². The minimum atomic E-state index is -0.580. The lowest BCUT2D eigenvalue weighted by atomic mass is 10.1. The molecule has 2 heterocycles. The fourth-order valence-electron chi connectivity index (χ4n) is 3.53. The van der Waals surface area contributed by atoms with Crippen LogP contribution in [0, 0.1) is 5.82 Å². The summed E-state index contributed by atoms with van der Waals surface area (Å²) in [6, 6.07) is 13.4. The number of carbonyl (C=O) groups excluding carboxylic acids is 2. The highest BCUT2D eigenvalue weighted by atomic mass is 19.1. The molecule has 4 rings (SSSR count). The maximum absolute atomic E-state index is 14.3. The Balaban J connectivity index is 1.71. The predicted octanol–water partition coefficient (Wildman–Crippen LogP) is 4.18. The van der Waals surface area contributed by atoms with Crippen LogP contribution in [0.4, 0.5) is 21.6 Å². The monoisotopic (exact) mass is 392 g/mol. The first-order valence-electron chi connectivity index (χ1n) is 9.54. The normalized spacial score (nSPS) is 13.5. The van der Waals surface area contributed by atoms with E-state index in [1.54, 1.807) is 6.07 Å². The SMILES string of the molecule is CC(=O)Nc1ccc(F)c(NC(=O)c2cc3ccccc3nc2N2CCCC2)c1. The molecule has 1 aliphatic heterocycles. The molecule has 0 radical (unpaired) electrons. The van der Waals surface area contributed by atoms with E-state index < -0.39 is 11.7 Å². The Hall–Kier alpha value is -3.48. The third-order valence-electron chi connectivity index (χ3n) is 4.89. The average Bonchev–Trinajstić information content (AvgIpc) is 3.24. The van der Waals surface area contributed by atoms with Crippen molar-refractivity contribution in [2.24, 2.45) is 0 Å². The minimum Gasteiger partial charge on any atom is -0.356 e. The van der Waals surface area contributed by atoms with Crippen molar-refractivity contribution in [3.8, 4) is 0 Å². The van der Waals surface area contributed by atoms with E-state index in [1.165, 1.54) is 25.1 Å². The van der Waals surface area contributed by atoms with E-state index in [-0.39, 0.29) is 11.6 Å². The smallest absolute Gasteiger partial charge is 0.259 e. The number of para-hydroxylation sites is 1. The van der Waals surface area contributed by atoms with Crippen LogP contribution in [0.15, 0.2) is 48.5 Å². The van der Waals surface area contributed by atoms with Gasteiger partial charge < -0.3 is 15.5 Å². The number of hydrogen-bond donors (Lipinski definition) is 2. The number of amides is 2. The Labute approximate surface area is 167 Å². The summed E-state index contributed by atoms with van der Waals surface area (Å²) >= 11 is 0. The van der Waals surface area contributed by atoms with Gasteiger partial charge in [-0.25, -0.2) is 9.37 Å². The van der Waals surface area contributed by atoms with Gasteiger partial charge in [0.05, 0.1) is 16.8 Å². The number of nitrogens with zero attached hydrogens (tertiary/aromatic N) is 2. The fourth-order valence-corrected chi connectivity index (χ4v) is 3.53. The second-order valence-electron chi connectivity index (χ2n) is 7.08. The van der Waals surface area contributed by atoms with Crippen molar-refractivity contribution in [1.82, 2.24) is 4.98 Å². The van der Waals surface area contributed by atoms with Gasteiger partial charge in [0.25, 0.3) is 5.91 Å². The topological polar surface area (TPSA) is 74.3 Å². The number of benzene rings is 2. The number of carbonyl (C=O) groups is 2. The van der Waals surface area contributed by atoms with E-state index in [2.05, 4.69) is 15.5 Å². The van der Waals surface area contributed by atoms with Gasteiger partial charge in [0, 0.05) is 31.1 Å². The van der Waals surface area contributed by atoms with Crippen LogP contribution in [0.25, 0.3) is 10.9 Å². The summed E-state index contributed by atoms with van der Waals surface area (Å²) in [5.41, 5.74) is 1.62. The number of fused-ring (bicyclic) bond motifs is 1. The van der Waals surface area contributed by atoms with Crippen molar-refractivity contribution in [2.45, 2.75) is 19.8 Å². The maximum atomic E-state index is 14.3. The van der Waals surface area contributed by atoms with Gasteiger partial charge >= 0.3 is 0 Å². The van der Waals surface area contributed by atoms with Crippen LogP contribution in [0.3, 0.4) is 0 Å². The zero-order valence-electron chi connectivity index (χ0n) is 16.0. The number of aromatic nitrogens is 1. The van der Waals surface area contributed by atoms with E-state index in [4.69, 9.17) is 4.98 Å². The second kappa shape index (κ2) is 7.87. The highest BCUT2D eigenvalue weighted by Gasteiger charge is 2.23. The van der Waals surface area contributed by atoms with Crippen LogP contribution < -0.4 is 15.5 Å². The van der Waals surface area contributed by atoms with E-state index in [0.717, 1.165) is 36.8 Å². The lowest BCUT2D eigenvalue weighted by Gasteiger charge is -2.20. The molecular formula is C22H21FN4O2. The Morgan fingerprint density at radius 3 is 2.55 bits per heavy atom. The maximum Gasteiger partial charge on any atom is 0.259 e. The molecule has 0 aliphatic carbocycles. The van der Waals surface area contributed by atoms with E-state index in [1.807, 2.05) is 24.3 Å². The average molecular weight is 392 g/mol. The summed E-state index contributed by atoms with van der Waals surface area (Å²) < 4.78 is 14.3. The third-order valence-corrected chi connectivity index (χ3v) is 4.89. The molecule has 148 valence electrons. The fraction of sp³-hybridized carbons (Fsp3) is 0.227. The molecule has 0 bridgehead atoms. The molecule has 1 aliphatic rings. The summed E-state index contributed by atoms with van der Waals surface area (Å²) in [7, 11) is 0. The quantitative estimate of drug-likeness (QED) is 0.698. The second-order valence-corrected chi connectivity index (χ2v) is 7.08. The molecule has 1 saturated heterocycles. The molecule has 0 atom stereocenters. The number of hydrogen-bond acceptors (Lipinski definition) is 4. The highest BCUT2D eigenvalue weighted by molar-refractivity contribution is 6.10. The number of anilines is 3. The zero-order chi connectivity index (χ0) is 20.4. The van der Waals surface area contributed by atoms with Crippen LogP contribution in [0.2, 0.25) is 0 Å². The standard InChI is InChI=1S/C22H21FN4O2/c1-14(28)24-16-8-9-18(23)20(13-16)26-22(29)17-12-15-6-2-3-7-19(15)25-21(17)27-10-4-5-11-27/h2-3,6-9,12-13H,4-5,10-11H2,1H3,(H,24,28)(H,26,29). The first-order chi connectivity index (χ1) is 14.0. The van der Waals surface area contributed by atoms with E-state index in [9.17, 15) is 14.0 Å². The largest absolute Gasteiger partial charge is 0.356 e. The Morgan fingerprint density at radius 1 is 1.03 bits per heavy atom. The Bertz CT molecular complexity index is 1090. The van der Waals surface area contributed by atoms with Gasteiger partial charge in [0.2, 0.25) is 5.91 Å². The first-order valence-corrected chi connectivity index (χ1v) is 9.54. The minimum absolute atomic E-state index is 0.00165. The molecule has 29 heavy (non-hydrogen) atoms. The molecule has 0 unspecified atom stereocenters. The molecule has 7 heteroatoms. The van der Waals surface area contributed by atoms with Gasteiger partial charge in [0.15, 0.2) is 0 Å². The van der Waals surface area contributed by atoms with Crippen LogP contribution in [-0.2, 0) is 4.79 Å². The van der Waals surface area contributed by atoms with E-state index >= 15 is 0 Å². The highest BCUT2D eigenvalue weighted by Crippen LogP contribution is 2.28. The van der Waals surface area contributed by atoms with Gasteiger partial charge in [-0.2, -0.15) is 0 Å². The molecule has 2 aromatic carbocycles. The van der Waals surface area contributed by atoms with Crippen LogP contribution in [0.1, 0.15) is 30.1 Å². The summed E-state index contributed by atoms with van der Waals surface area (Å²) in [5, 5.41) is 6.07. The summed E-state index contributed by atoms with van der Waals surface area (Å²) in [5.74, 6) is -0.686. The number of nitrogens with one attached hydrogen (secondary N) is 2. The van der Waals surface area contributed by atoms with E-state index in [0.29, 0.717) is 17.1 Å². The summed E-state index contributed by atoms with van der Waals surface area (Å²) in [6.45, 7) is 3.03. The van der Waals surface area contributed by atoms with Gasteiger partial charge in [-0.1, -0.05) is 18.2 Å². The molecule has 3 aromatic rings. The third kappa shape index (κ3) is 4.03.